The summed E-state index contributed by atoms with van der Waals surface area (Å²) >= 11 is 7.67. The van der Waals surface area contributed by atoms with Crippen molar-refractivity contribution < 1.29 is 4.74 Å². The minimum Gasteiger partial charge on any atom is -0.378 e. The van der Waals surface area contributed by atoms with Gasteiger partial charge in [-0.3, -0.25) is 0 Å². The molecule has 0 saturated heterocycles. The van der Waals surface area contributed by atoms with Crippen molar-refractivity contribution in [3.63, 3.8) is 0 Å². The number of hydrogen-bond acceptors (Lipinski definition) is 4. The minimum atomic E-state index is 0.449. The zero-order valence-electron chi connectivity index (χ0n) is 10.9. The minimum absolute atomic E-state index is 0.449. The molecule has 1 heterocycles. The summed E-state index contributed by atoms with van der Waals surface area (Å²) in [4.78, 5) is 9.84. The normalized spacial score (nSPS) is 10.7. The highest BCUT2D eigenvalue weighted by atomic mass is 35.5. The van der Waals surface area contributed by atoms with E-state index < -0.39 is 0 Å². The third kappa shape index (κ3) is 4.49. The van der Waals surface area contributed by atoms with Crippen molar-refractivity contribution in [3.05, 3.63) is 52.6 Å². The Balaban J connectivity index is 2.04. The molecule has 5 heteroatoms. The van der Waals surface area contributed by atoms with Crippen LogP contribution in [0.4, 0.5) is 0 Å². The summed E-state index contributed by atoms with van der Waals surface area (Å²) in [5, 5.41) is 0.460. The Morgan fingerprint density at radius 1 is 1.21 bits per heavy atom. The molecule has 0 atom stereocenters. The molecule has 0 aliphatic heterocycles. The first-order valence-electron chi connectivity index (χ1n) is 5.88. The molecule has 100 valence electrons. The molecular weight excluding hydrogens is 280 g/mol. The van der Waals surface area contributed by atoms with Gasteiger partial charge in [-0.05, 0) is 25.1 Å². The number of hydrogen-bond donors (Lipinski definition) is 0. The fourth-order valence-corrected chi connectivity index (χ4v) is 2.56. The number of benzene rings is 1. The van der Waals surface area contributed by atoms with Crippen LogP contribution >= 0.6 is 23.4 Å². The number of thioether (sulfide) groups is 1. The first-order valence-corrected chi connectivity index (χ1v) is 7.24. The fraction of sp³-hybridized carbons (Fsp3) is 0.286. The first-order chi connectivity index (χ1) is 9.17. The molecular formula is C14H15ClN2OS. The molecule has 19 heavy (non-hydrogen) atoms. The molecule has 1 aromatic heterocycles. The van der Waals surface area contributed by atoms with Crippen LogP contribution in [-0.2, 0) is 17.1 Å². The van der Waals surface area contributed by atoms with Crippen molar-refractivity contribution >= 4 is 23.4 Å². The molecule has 0 radical (unpaired) electrons. The van der Waals surface area contributed by atoms with Crippen LogP contribution in [0.1, 0.15) is 17.1 Å². The predicted octanol–water partition coefficient (Wildman–Crippen LogP) is 3.88. The second-order valence-electron chi connectivity index (χ2n) is 4.13. The zero-order valence-corrected chi connectivity index (χ0v) is 12.5. The summed E-state index contributed by atoms with van der Waals surface area (Å²) in [6, 6.07) is 10.1. The monoisotopic (exact) mass is 294 g/mol. The molecule has 0 amide bonds. The van der Waals surface area contributed by atoms with Gasteiger partial charge in [0.1, 0.15) is 11.0 Å². The van der Waals surface area contributed by atoms with Crippen LogP contribution in [0.25, 0.3) is 0 Å². The van der Waals surface area contributed by atoms with Crippen molar-refractivity contribution in [3.8, 4) is 0 Å². The summed E-state index contributed by atoms with van der Waals surface area (Å²) < 4.78 is 5.06. The third-order valence-corrected chi connectivity index (χ3v) is 3.68. The van der Waals surface area contributed by atoms with Crippen LogP contribution in [0, 0.1) is 6.92 Å². The fourth-order valence-electron chi connectivity index (χ4n) is 1.58. The van der Waals surface area contributed by atoms with Gasteiger partial charge in [0.05, 0.1) is 18.1 Å². The second kappa shape index (κ2) is 6.89. The molecule has 3 nitrogen and oxygen atoms in total. The summed E-state index contributed by atoms with van der Waals surface area (Å²) in [7, 11) is 1.64. The van der Waals surface area contributed by atoms with E-state index in [-0.39, 0.29) is 0 Å². The van der Waals surface area contributed by atoms with Crippen molar-refractivity contribution in [2.45, 2.75) is 24.2 Å². The quantitative estimate of drug-likeness (QED) is 0.619. The Morgan fingerprint density at radius 2 is 1.95 bits per heavy atom. The molecule has 2 aromatic rings. The SMILES string of the molecule is COCc1cc(Cl)nc(CSc2ccc(C)cc2)n1. The van der Waals surface area contributed by atoms with E-state index in [0.29, 0.717) is 17.5 Å². The second-order valence-corrected chi connectivity index (χ2v) is 5.57. The number of rotatable bonds is 5. The average Bonchev–Trinajstić information content (AvgIpc) is 2.38. The summed E-state index contributed by atoms with van der Waals surface area (Å²) in [6.45, 7) is 2.52. The van der Waals surface area contributed by atoms with Gasteiger partial charge < -0.3 is 4.74 Å². The maximum atomic E-state index is 5.97. The number of nitrogens with zero attached hydrogens (tertiary/aromatic N) is 2. The van der Waals surface area contributed by atoms with Gasteiger partial charge in [-0.1, -0.05) is 29.3 Å². The van der Waals surface area contributed by atoms with E-state index in [1.807, 2.05) is 0 Å². The number of halogens is 1. The average molecular weight is 295 g/mol. The lowest BCUT2D eigenvalue weighted by Gasteiger charge is -2.05. The van der Waals surface area contributed by atoms with E-state index in [0.717, 1.165) is 11.5 Å². The number of methoxy groups -OCH3 is 1. The Morgan fingerprint density at radius 3 is 2.63 bits per heavy atom. The van der Waals surface area contributed by atoms with Crippen LogP contribution in [0.3, 0.4) is 0 Å². The van der Waals surface area contributed by atoms with Gasteiger partial charge in [-0.25, -0.2) is 9.97 Å². The topological polar surface area (TPSA) is 35.0 Å². The first kappa shape index (κ1) is 14.3. The van der Waals surface area contributed by atoms with E-state index in [9.17, 15) is 0 Å². The maximum Gasteiger partial charge on any atom is 0.140 e. The van der Waals surface area contributed by atoms with Crippen molar-refractivity contribution in [1.82, 2.24) is 9.97 Å². The summed E-state index contributed by atoms with van der Waals surface area (Å²) in [5.74, 6) is 1.42. The van der Waals surface area contributed by atoms with Gasteiger partial charge in [-0.15, -0.1) is 11.8 Å². The third-order valence-electron chi connectivity index (χ3n) is 2.48. The van der Waals surface area contributed by atoms with Gasteiger partial charge in [0.15, 0.2) is 0 Å². The zero-order chi connectivity index (χ0) is 13.7. The van der Waals surface area contributed by atoms with Crippen LogP contribution in [0.5, 0.6) is 0 Å². The Hall–Kier alpha value is -1.10. The molecule has 0 fully saturated rings. The lowest BCUT2D eigenvalue weighted by Crippen LogP contribution is -1.99. The van der Waals surface area contributed by atoms with Crippen LogP contribution in [-0.4, -0.2) is 17.1 Å². The van der Waals surface area contributed by atoms with Crippen LogP contribution in [0.15, 0.2) is 35.2 Å². The van der Waals surface area contributed by atoms with Crippen LogP contribution in [0.2, 0.25) is 5.15 Å². The van der Waals surface area contributed by atoms with Gasteiger partial charge in [-0.2, -0.15) is 0 Å². The standard InChI is InChI=1S/C14H15ClN2OS/c1-10-3-5-12(6-4-10)19-9-14-16-11(8-18-2)7-13(15)17-14/h3-7H,8-9H2,1-2H3. The summed E-state index contributed by atoms with van der Waals surface area (Å²) in [5.41, 5.74) is 2.06. The highest BCUT2D eigenvalue weighted by Gasteiger charge is 2.04. The van der Waals surface area contributed by atoms with Gasteiger partial charge in [0, 0.05) is 12.0 Å². The highest BCUT2D eigenvalue weighted by Crippen LogP contribution is 2.22. The van der Waals surface area contributed by atoms with E-state index in [2.05, 4.69) is 41.2 Å². The summed E-state index contributed by atoms with van der Waals surface area (Å²) in [6.07, 6.45) is 0. The molecule has 0 aliphatic rings. The lowest BCUT2D eigenvalue weighted by atomic mass is 10.2. The number of aromatic nitrogens is 2. The molecule has 0 unspecified atom stereocenters. The van der Waals surface area contributed by atoms with Crippen molar-refractivity contribution in [1.29, 1.82) is 0 Å². The molecule has 0 bridgehead atoms. The molecule has 1 aromatic carbocycles. The van der Waals surface area contributed by atoms with Gasteiger partial charge >= 0.3 is 0 Å². The Kier molecular flexibility index (Phi) is 5.19. The lowest BCUT2D eigenvalue weighted by molar-refractivity contribution is 0.181. The van der Waals surface area contributed by atoms with Gasteiger partial charge in [0.25, 0.3) is 0 Å². The smallest absolute Gasteiger partial charge is 0.140 e. The van der Waals surface area contributed by atoms with E-state index in [1.165, 1.54) is 10.5 Å². The van der Waals surface area contributed by atoms with Crippen molar-refractivity contribution in [2.75, 3.05) is 7.11 Å². The van der Waals surface area contributed by atoms with E-state index >= 15 is 0 Å². The number of ether oxygens (including phenoxy) is 1. The molecule has 2 rings (SSSR count). The predicted molar refractivity (Wildman–Crippen MR) is 78.5 cm³/mol. The molecule has 0 N–H and O–H groups in total. The van der Waals surface area contributed by atoms with Gasteiger partial charge in [0.2, 0.25) is 0 Å². The molecule has 0 aliphatic carbocycles. The largest absolute Gasteiger partial charge is 0.378 e. The van der Waals surface area contributed by atoms with E-state index in [1.54, 1.807) is 24.9 Å². The van der Waals surface area contributed by atoms with Crippen LogP contribution < -0.4 is 0 Å². The Bertz CT molecular complexity index is 546. The van der Waals surface area contributed by atoms with E-state index in [4.69, 9.17) is 16.3 Å². The Labute approximate surface area is 122 Å². The highest BCUT2D eigenvalue weighted by molar-refractivity contribution is 7.98. The van der Waals surface area contributed by atoms with Crippen molar-refractivity contribution in [2.24, 2.45) is 0 Å². The maximum absolute atomic E-state index is 5.97. The molecule has 0 saturated carbocycles. The number of aryl methyl sites for hydroxylation is 1. The molecule has 0 spiro atoms.